The van der Waals surface area contributed by atoms with Gasteiger partial charge in [-0.3, -0.25) is 4.79 Å². The molecule has 0 saturated carbocycles. The summed E-state index contributed by atoms with van der Waals surface area (Å²) in [5.74, 6) is 0.513. The molecule has 5 nitrogen and oxygen atoms in total. The van der Waals surface area contributed by atoms with Crippen LogP contribution in [0.3, 0.4) is 0 Å². The van der Waals surface area contributed by atoms with Gasteiger partial charge in [0.25, 0.3) is 5.91 Å². The predicted molar refractivity (Wildman–Crippen MR) is 93.2 cm³/mol. The van der Waals surface area contributed by atoms with Crippen LogP contribution >= 0.6 is 0 Å². The van der Waals surface area contributed by atoms with Gasteiger partial charge in [0.05, 0.1) is 20.3 Å². The van der Waals surface area contributed by atoms with Crippen LogP contribution in [0.15, 0.2) is 42.5 Å². The van der Waals surface area contributed by atoms with Crippen molar-refractivity contribution < 1.29 is 19.4 Å². The molecule has 2 N–H and O–H groups in total. The molecule has 24 heavy (non-hydrogen) atoms. The van der Waals surface area contributed by atoms with Crippen molar-refractivity contribution in [3.05, 3.63) is 53.6 Å². The summed E-state index contributed by atoms with van der Waals surface area (Å²) in [7, 11) is 1.57. The number of ether oxygens (including phenoxy) is 2. The molecule has 2 rings (SSSR count). The third-order valence-electron chi connectivity index (χ3n) is 3.64. The zero-order chi connectivity index (χ0) is 17.4. The first-order chi connectivity index (χ1) is 11.7. The zero-order valence-electron chi connectivity index (χ0n) is 14.0. The van der Waals surface area contributed by atoms with Gasteiger partial charge >= 0.3 is 0 Å². The van der Waals surface area contributed by atoms with Crippen LogP contribution in [0.25, 0.3) is 11.1 Å². The van der Waals surface area contributed by atoms with Crippen molar-refractivity contribution >= 4 is 5.91 Å². The smallest absolute Gasteiger partial charge is 0.251 e. The molecule has 0 aliphatic heterocycles. The number of methoxy groups -OCH3 is 1. The molecule has 128 valence electrons. The molecule has 1 amide bonds. The predicted octanol–water partition coefficient (Wildman–Crippen LogP) is 2.62. The Morgan fingerprint density at radius 1 is 1.17 bits per heavy atom. The molecule has 0 bridgehead atoms. The van der Waals surface area contributed by atoms with Gasteiger partial charge in [0.15, 0.2) is 0 Å². The third kappa shape index (κ3) is 4.57. The highest BCUT2D eigenvalue weighted by Crippen LogP contribution is 2.27. The van der Waals surface area contributed by atoms with Gasteiger partial charge in [0.2, 0.25) is 0 Å². The molecule has 0 atom stereocenters. The topological polar surface area (TPSA) is 67.8 Å². The number of carbonyl (C=O) groups is 1. The number of hydrogen-bond acceptors (Lipinski definition) is 4. The van der Waals surface area contributed by atoms with Crippen molar-refractivity contribution in [1.82, 2.24) is 5.32 Å². The van der Waals surface area contributed by atoms with Crippen molar-refractivity contribution in [2.24, 2.45) is 0 Å². The second-order valence-electron chi connectivity index (χ2n) is 5.22. The number of aliphatic hydroxyl groups excluding tert-OH is 1. The fourth-order valence-electron chi connectivity index (χ4n) is 2.40. The summed E-state index contributed by atoms with van der Waals surface area (Å²) in [6, 6.07) is 13.0. The minimum Gasteiger partial charge on any atom is -0.496 e. The highest BCUT2D eigenvalue weighted by molar-refractivity contribution is 5.95. The van der Waals surface area contributed by atoms with E-state index in [4.69, 9.17) is 9.47 Å². The van der Waals surface area contributed by atoms with Gasteiger partial charge in [0, 0.05) is 24.3 Å². The number of hydrogen-bond donors (Lipinski definition) is 2. The second kappa shape index (κ2) is 9.05. The van der Waals surface area contributed by atoms with E-state index in [1.54, 1.807) is 13.2 Å². The Bertz CT molecular complexity index is 685. The highest BCUT2D eigenvalue weighted by Gasteiger charge is 2.09. The summed E-state index contributed by atoms with van der Waals surface area (Å²) in [6.45, 7) is 3.43. The first-order valence-corrected chi connectivity index (χ1v) is 7.93. The van der Waals surface area contributed by atoms with E-state index in [0.717, 1.165) is 11.1 Å². The van der Waals surface area contributed by atoms with E-state index >= 15 is 0 Å². The summed E-state index contributed by atoms with van der Waals surface area (Å²) in [5, 5.41) is 12.3. The van der Waals surface area contributed by atoms with Crippen LogP contribution in [-0.2, 0) is 11.3 Å². The minimum atomic E-state index is -0.132. The molecule has 0 aromatic heterocycles. The molecule has 0 fully saturated rings. The maximum atomic E-state index is 12.2. The number of carbonyl (C=O) groups excluding carboxylic acids is 1. The number of rotatable bonds is 8. The van der Waals surface area contributed by atoms with E-state index < -0.39 is 0 Å². The van der Waals surface area contributed by atoms with Crippen molar-refractivity contribution in [3.8, 4) is 16.9 Å². The van der Waals surface area contributed by atoms with E-state index in [1.807, 2.05) is 43.3 Å². The van der Waals surface area contributed by atoms with E-state index in [2.05, 4.69) is 5.32 Å². The fourth-order valence-corrected chi connectivity index (χ4v) is 2.40. The van der Waals surface area contributed by atoms with Crippen molar-refractivity contribution in [2.75, 3.05) is 26.9 Å². The van der Waals surface area contributed by atoms with E-state index in [9.17, 15) is 9.90 Å². The highest BCUT2D eigenvalue weighted by atomic mass is 16.5. The van der Waals surface area contributed by atoms with Crippen LogP contribution in [0.2, 0.25) is 0 Å². The summed E-state index contributed by atoms with van der Waals surface area (Å²) in [6.07, 6.45) is 0. The van der Waals surface area contributed by atoms with Gasteiger partial charge in [-0.2, -0.15) is 0 Å². The Kier molecular flexibility index (Phi) is 6.78. The van der Waals surface area contributed by atoms with Gasteiger partial charge in [-0.05, 0) is 42.3 Å². The van der Waals surface area contributed by atoms with Crippen molar-refractivity contribution in [1.29, 1.82) is 0 Å². The number of nitrogens with one attached hydrogen (secondary N) is 1. The average Bonchev–Trinajstić information content (AvgIpc) is 2.64. The summed E-state index contributed by atoms with van der Waals surface area (Å²) < 4.78 is 10.4. The second-order valence-corrected chi connectivity index (χ2v) is 5.22. The lowest BCUT2D eigenvalue weighted by Crippen LogP contribution is -2.27. The molecular formula is C19H23NO4. The lowest BCUT2D eigenvalue weighted by molar-refractivity contribution is 0.0922. The molecule has 0 aliphatic rings. The maximum absolute atomic E-state index is 12.2. The zero-order valence-corrected chi connectivity index (χ0v) is 14.0. The van der Waals surface area contributed by atoms with Gasteiger partial charge in [-0.15, -0.1) is 0 Å². The lowest BCUT2D eigenvalue weighted by Gasteiger charge is -2.10. The summed E-state index contributed by atoms with van der Waals surface area (Å²) in [4.78, 5) is 12.2. The maximum Gasteiger partial charge on any atom is 0.251 e. The third-order valence-corrected chi connectivity index (χ3v) is 3.64. The van der Waals surface area contributed by atoms with Crippen LogP contribution in [0, 0.1) is 0 Å². The van der Waals surface area contributed by atoms with Crippen LogP contribution < -0.4 is 10.1 Å². The Labute approximate surface area is 142 Å². The van der Waals surface area contributed by atoms with E-state index in [1.165, 1.54) is 0 Å². The monoisotopic (exact) mass is 329 g/mol. The molecule has 0 heterocycles. The number of benzene rings is 2. The Morgan fingerprint density at radius 2 is 1.96 bits per heavy atom. The quantitative estimate of drug-likeness (QED) is 0.731. The number of amides is 1. The minimum absolute atomic E-state index is 0.103. The largest absolute Gasteiger partial charge is 0.496 e. The standard InChI is InChI=1S/C19H23NO4/c1-3-24-10-9-20-19(22)16-6-4-5-14(11-16)15-7-8-18(23-2)17(12-15)13-21/h4-8,11-12,21H,3,9-10,13H2,1-2H3,(H,20,22). The molecule has 5 heteroatoms. The van der Waals surface area contributed by atoms with Crippen LogP contribution in [0.5, 0.6) is 5.75 Å². The van der Waals surface area contributed by atoms with Crippen molar-refractivity contribution in [3.63, 3.8) is 0 Å². The van der Waals surface area contributed by atoms with E-state index in [-0.39, 0.29) is 12.5 Å². The van der Waals surface area contributed by atoms with Gasteiger partial charge in [0.1, 0.15) is 5.75 Å². The van der Waals surface area contributed by atoms with Crippen molar-refractivity contribution in [2.45, 2.75) is 13.5 Å². The lowest BCUT2D eigenvalue weighted by atomic mass is 10.0. The Morgan fingerprint density at radius 3 is 2.67 bits per heavy atom. The van der Waals surface area contributed by atoms with Gasteiger partial charge in [-0.1, -0.05) is 18.2 Å². The first kappa shape index (κ1) is 18.0. The van der Waals surface area contributed by atoms with Crippen LogP contribution in [0.4, 0.5) is 0 Å². The van der Waals surface area contributed by atoms with Crippen LogP contribution in [-0.4, -0.2) is 37.9 Å². The van der Waals surface area contributed by atoms with Gasteiger partial charge < -0.3 is 19.9 Å². The normalized spacial score (nSPS) is 10.5. The molecule has 2 aromatic rings. The Balaban J connectivity index is 2.16. The molecular weight excluding hydrogens is 306 g/mol. The fraction of sp³-hybridized carbons (Fsp3) is 0.316. The molecule has 0 unspecified atom stereocenters. The van der Waals surface area contributed by atoms with Gasteiger partial charge in [-0.25, -0.2) is 0 Å². The molecule has 0 spiro atoms. The molecule has 0 radical (unpaired) electrons. The van der Waals surface area contributed by atoms with E-state index in [0.29, 0.717) is 36.6 Å². The number of aliphatic hydroxyl groups is 1. The molecule has 0 aliphatic carbocycles. The molecule has 2 aromatic carbocycles. The molecule has 0 saturated heterocycles. The Hall–Kier alpha value is -2.37. The SMILES string of the molecule is CCOCCNC(=O)c1cccc(-c2ccc(OC)c(CO)c2)c1. The van der Waals surface area contributed by atoms with Crippen LogP contribution in [0.1, 0.15) is 22.8 Å². The average molecular weight is 329 g/mol. The first-order valence-electron chi connectivity index (χ1n) is 7.93. The summed E-state index contributed by atoms with van der Waals surface area (Å²) in [5.41, 5.74) is 3.13. The summed E-state index contributed by atoms with van der Waals surface area (Å²) >= 11 is 0.